The molecule has 25 heavy (non-hydrogen) atoms. The van der Waals surface area contributed by atoms with Gasteiger partial charge in [0.15, 0.2) is 5.96 Å². The Morgan fingerprint density at radius 1 is 1.24 bits per heavy atom. The van der Waals surface area contributed by atoms with Crippen LogP contribution in [0.3, 0.4) is 0 Å². The van der Waals surface area contributed by atoms with Gasteiger partial charge in [0.1, 0.15) is 5.82 Å². The van der Waals surface area contributed by atoms with E-state index in [-0.39, 0.29) is 29.8 Å². The van der Waals surface area contributed by atoms with Crippen LogP contribution in [-0.2, 0) is 6.54 Å². The minimum atomic E-state index is -0.204. The molecule has 0 bridgehead atoms. The number of aliphatic imine (C=N–C) groups is 1. The second-order valence-electron chi connectivity index (χ2n) is 6.60. The predicted octanol–water partition coefficient (Wildman–Crippen LogP) is 2.09. The van der Waals surface area contributed by atoms with E-state index in [1.807, 2.05) is 19.2 Å². The number of benzene rings is 1. The third-order valence-electron chi connectivity index (χ3n) is 4.62. The number of nitrogens with zero attached hydrogens (tertiary/aromatic N) is 4. The molecular formula is C18H31FIN5. The molecule has 1 aliphatic heterocycles. The third kappa shape index (κ3) is 7.07. The highest BCUT2D eigenvalue weighted by Crippen LogP contribution is 2.07. The van der Waals surface area contributed by atoms with Crippen LogP contribution >= 0.6 is 24.0 Å². The molecule has 0 spiro atoms. The summed E-state index contributed by atoms with van der Waals surface area (Å²) in [4.78, 5) is 11.3. The van der Waals surface area contributed by atoms with Gasteiger partial charge in [0.2, 0.25) is 0 Å². The number of nitrogens with one attached hydrogen (secondary N) is 1. The molecule has 1 aromatic carbocycles. The van der Waals surface area contributed by atoms with E-state index in [2.05, 4.69) is 39.0 Å². The molecule has 2 rings (SSSR count). The van der Waals surface area contributed by atoms with Gasteiger partial charge in [-0.15, -0.1) is 24.0 Å². The Bertz CT molecular complexity index is 529. The first kappa shape index (κ1) is 22.1. The van der Waals surface area contributed by atoms with Crippen LogP contribution in [0.2, 0.25) is 0 Å². The highest BCUT2D eigenvalue weighted by atomic mass is 127. The Morgan fingerprint density at radius 3 is 2.40 bits per heavy atom. The van der Waals surface area contributed by atoms with Crippen molar-refractivity contribution in [3.05, 3.63) is 35.6 Å². The fraction of sp³-hybridized carbons (Fsp3) is 0.611. The smallest absolute Gasteiger partial charge is 0.193 e. The van der Waals surface area contributed by atoms with Gasteiger partial charge in [-0.25, -0.2) is 4.39 Å². The van der Waals surface area contributed by atoms with Crippen LogP contribution in [0.1, 0.15) is 12.5 Å². The standard InChI is InChI=1S/C18H30FN5.HI/c1-15(24-11-9-22(3)10-12-24)13-21-18(20-2)23(4)14-16-5-7-17(19)8-6-16;/h5-8,15H,9-14H2,1-4H3,(H,20,21);1H. The summed E-state index contributed by atoms with van der Waals surface area (Å²) >= 11 is 0. The van der Waals surface area contributed by atoms with Gasteiger partial charge in [0.05, 0.1) is 0 Å². The quantitative estimate of drug-likeness (QED) is 0.412. The van der Waals surface area contributed by atoms with Crippen LogP contribution < -0.4 is 5.32 Å². The average Bonchev–Trinajstić information content (AvgIpc) is 2.58. The first-order chi connectivity index (χ1) is 11.5. The minimum Gasteiger partial charge on any atom is -0.355 e. The van der Waals surface area contributed by atoms with Gasteiger partial charge in [0.25, 0.3) is 0 Å². The second kappa shape index (κ2) is 10.9. The number of halogens is 2. The Balaban J connectivity index is 0.00000312. The molecule has 0 aliphatic carbocycles. The van der Waals surface area contributed by atoms with Crippen molar-refractivity contribution >= 4 is 29.9 Å². The normalized spacial score (nSPS) is 17.7. The zero-order valence-corrected chi connectivity index (χ0v) is 18.0. The lowest BCUT2D eigenvalue weighted by molar-refractivity contribution is 0.119. The fourth-order valence-corrected chi connectivity index (χ4v) is 2.95. The van der Waals surface area contributed by atoms with E-state index < -0.39 is 0 Å². The summed E-state index contributed by atoms with van der Waals surface area (Å²) in [5.41, 5.74) is 1.06. The maximum Gasteiger partial charge on any atom is 0.193 e. The van der Waals surface area contributed by atoms with Gasteiger partial charge < -0.3 is 15.1 Å². The minimum absolute atomic E-state index is 0. The summed E-state index contributed by atoms with van der Waals surface area (Å²) in [5.74, 6) is 0.658. The highest BCUT2D eigenvalue weighted by molar-refractivity contribution is 14.0. The predicted molar refractivity (Wildman–Crippen MR) is 113 cm³/mol. The molecule has 1 saturated heterocycles. The van der Waals surface area contributed by atoms with Crippen LogP contribution in [0.4, 0.5) is 4.39 Å². The summed E-state index contributed by atoms with van der Waals surface area (Å²) in [6.45, 7) is 8.30. The second-order valence-corrected chi connectivity index (χ2v) is 6.60. The maximum atomic E-state index is 13.0. The van der Waals surface area contributed by atoms with Crippen molar-refractivity contribution in [1.82, 2.24) is 20.0 Å². The lowest BCUT2D eigenvalue weighted by Gasteiger charge is -2.37. The summed E-state index contributed by atoms with van der Waals surface area (Å²) in [6, 6.07) is 7.08. The van der Waals surface area contributed by atoms with E-state index >= 15 is 0 Å². The zero-order valence-electron chi connectivity index (χ0n) is 15.7. The molecule has 1 fully saturated rings. The van der Waals surface area contributed by atoms with Crippen molar-refractivity contribution in [2.24, 2.45) is 4.99 Å². The first-order valence-electron chi connectivity index (χ1n) is 8.58. The van der Waals surface area contributed by atoms with Crippen molar-refractivity contribution in [3.63, 3.8) is 0 Å². The Labute approximate surface area is 168 Å². The molecular weight excluding hydrogens is 432 g/mol. The van der Waals surface area contributed by atoms with Crippen molar-refractivity contribution in [1.29, 1.82) is 0 Å². The molecule has 5 nitrogen and oxygen atoms in total. The molecule has 7 heteroatoms. The van der Waals surface area contributed by atoms with Crippen molar-refractivity contribution < 1.29 is 4.39 Å². The van der Waals surface area contributed by atoms with Gasteiger partial charge in [0, 0.05) is 59.4 Å². The van der Waals surface area contributed by atoms with E-state index in [0.29, 0.717) is 12.6 Å². The summed E-state index contributed by atoms with van der Waals surface area (Å²) < 4.78 is 13.0. The number of hydrogen-bond donors (Lipinski definition) is 1. The molecule has 0 saturated carbocycles. The number of likely N-dealkylation sites (N-methyl/N-ethyl adjacent to an activating group) is 1. The van der Waals surface area contributed by atoms with Gasteiger partial charge in [-0.05, 0) is 31.7 Å². The van der Waals surface area contributed by atoms with Gasteiger partial charge in [-0.1, -0.05) is 12.1 Å². The molecule has 1 N–H and O–H groups in total. The number of hydrogen-bond acceptors (Lipinski definition) is 3. The Morgan fingerprint density at radius 2 is 1.84 bits per heavy atom. The molecule has 1 aliphatic rings. The Kier molecular flexibility index (Phi) is 9.66. The third-order valence-corrected chi connectivity index (χ3v) is 4.62. The van der Waals surface area contributed by atoms with E-state index in [1.165, 1.54) is 12.1 Å². The summed E-state index contributed by atoms with van der Waals surface area (Å²) in [6.07, 6.45) is 0. The molecule has 1 heterocycles. The molecule has 0 aromatic heterocycles. The van der Waals surface area contributed by atoms with Crippen molar-refractivity contribution in [3.8, 4) is 0 Å². The van der Waals surface area contributed by atoms with Gasteiger partial charge >= 0.3 is 0 Å². The highest BCUT2D eigenvalue weighted by Gasteiger charge is 2.19. The van der Waals surface area contributed by atoms with Crippen LogP contribution in [0, 0.1) is 5.82 Å². The van der Waals surface area contributed by atoms with Crippen LogP contribution in [0.15, 0.2) is 29.3 Å². The first-order valence-corrected chi connectivity index (χ1v) is 8.58. The van der Waals surface area contributed by atoms with Gasteiger partial charge in [-0.3, -0.25) is 9.89 Å². The molecule has 1 atom stereocenters. The number of guanidine groups is 1. The van der Waals surface area contributed by atoms with Gasteiger partial charge in [-0.2, -0.15) is 0 Å². The largest absolute Gasteiger partial charge is 0.355 e. The monoisotopic (exact) mass is 463 g/mol. The maximum absolute atomic E-state index is 13.0. The van der Waals surface area contributed by atoms with Crippen LogP contribution in [0.25, 0.3) is 0 Å². The van der Waals surface area contributed by atoms with Crippen molar-refractivity contribution in [2.45, 2.75) is 19.5 Å². The molecule has 1 unspecified atom stereocenters. The zero-order chi connectivity index (χ0) is 17.5. The van der Waals surface area contributed by atoms with Crippen molar-refractivity contribution in [2.75, 3.05) is 53.9 Å². The molecule has 1 aromatic rings. The van der Waals surface area contributed by atoms with Crippen LogP contribution in [0.5, 0.6) is 0 Å². The SMILES string of the molecule is CN=C(NCC(C)N1CCN(C)CC1)N(C)Cc1ccc(F)cc1.I. The van der Waals surface area contributed by atoms with E-state index in [1.54, 1.807) is 7.05 Å². The lowest BCUT2D eigenvalue weighted by atomic mass is 10.2. The summed E-state index contributed by atoms with van der Waals surface area (Å²) in [7, 11) is 5.97. The summed E-state index contributed by atoms with van der Waals surface area (Å²) in [5, 5.41) is 3.46. The molecule has 142 valence electrons. The fourth-order valence-electron chi connectivity index (χ4n) is 2.95. The number of piperazine rings is 1. The average molecular weight is 463 g/mol. The lowest BCUT2D eigenvalue weighted by Crippen LogP contribution is -2.52. The van der Waals surface area contributed by atoms with Crippen LogP contribution in [-0.4, -0.2) is 80.6 Å². The molecule has 0 radical (unpaired) electrons. The Hall–Kier alpha value is -0.930. The number of rotatable bonds is 5. The van der Waals surface area contributed by atoms with E-state index in [0.717, 1.165) is 44.2 Å². The topological polar surface area (TPSA) is 34.1 Å². The van der Waals surface area contributed by atoms with E-state index in [9.17, 15) is 4.39 Å². The molecule has 0 amide bonds. The van der Waals surface area contributed by atoms with E-state index in [4.69, 9.17) is 0 Å².